The third-order valence-electron chi connectivity index (χ3n) is 7.33. The Morgan fingerprint density at radius 2 is 1.82 bits per heavy atom. The number of pyridine rings is 1. The molecule has 2 aliphatic rings. The maximum Gasteiger partial charge on any atom is 0.265 e. The van der Waals surface area contributed by atoms with Crippen molar-refractivity contribution >= 4 is 17.2 Å². The van der Waals surface area contributed by atoms with Crippen molar-refractivity contribution in [1.82, 2.24) is 24.8 Å². The van der Waals surface area contributed by atoms with E-state index in [-0.39, 0.29) is 29.7 Å². The number of halogens is 1. The average Bonchev–Trinajstić information content (AvgIpc) is 3.28. The van der Waals surface area contributed by atoms with Gasteiger partial charge in [-0.05, 0) is 62.2 Å². The Kier molecular flexibility index (Phi) is 6.39. The molecule has 1 saturated heterocycles. The van der Waals surface area contributed by atoms with Gasteiger partial charge in [-0.25, -0.2) is 24.3 Å². The topological polar surface area (TPSA) is 107 Å². The van der Waals surface area contributed by atoms with Gasteiger partial charge in [0.25, 0.3) is 5.91 Å². The van der Waals surface area contributed by atoms with Gasteiger partial charge in [0, 0.05) is 54.5 Å². The molecule has 0 spiro atoms. The fourth-order valence-electron chi connectivity index (χ4n) is 5.07. The number of piperidine rings is 1. The van der Waals surface area contributed by atoms with Crippen LogP contribution in [0.3, 0.4) is 0 Å². The number of likely N-dealkylation sites (tertiary alicyclic amines) is 1. The molecule has 6 rings (SSSR count). The zero-order valence-electron chi connectivity index (χ0n) is 22.0. The van der Waals surface area contributed by atoms with E-state index in [2.05, 4.69) is 15.0 Å². The number of benzene rings is 1. The lowest BCUT2D eigenvalue weighted by Gasteiger charge is -2.22. The van der Waals surface area contributed by atoms with Crippen LogP contribution in [0, 0.1) is 17.7 Å². The molecule has 0 radical (unpaired) electrons. The van der Waals surface area contributed by atoms with Crippen LogP contribution >= 0.6 is 11.3 Å². The molecule has 1 aromatic carbocycles. The van der Waals surface area contributed by atoms with Gasteiger partial charge in [-0.2, -0.15) is 0 Å². The Balaban J connectivity index is 1.17. The smallest absolute Gasteiger partial charge is 0.265 e. The number of ether oxygens (including phenoxy) is 1. The summed E-state index contributed by atoms with van der Waals surface area (Å²) >= 11 is 1.35. The number of nitrogens with two attached hydrogens (primary N) is 1. The highest BCUT2D eigenvalue weighted by molar-refractivity contribution is 7.17. The van der Waals surface area contributed by atoms with E-state index in [9.17, 15) is 9.18 Å². The molecule has 1 saturated carbocycles. The highest BCUT2D eigenvalue weighted by Gasteiger charge is 2.59. The lowest BCUT2D eigenvalue weighted by molar-refractivity contribution is 0.0755. The molecule has 2 fully saturated rings. The van der Waals surface area contributed by atoms with Gasteiger partial charge in [-0.3, -0.25) is 4.79 Å². The van der Waals surface area contributed by atoms with Gasteiger partial charge in [-0.1, -0.05) is 6.92 Å². The van der Waals surface area contributed by atoms with Gasteiger partial charge in [0.1, 0.15) is 16.8 Å². The molecule has 3 aromatic heterocycles. The maximum atomic E-state index is 13.5. The molecule has 2 N–H and O–H groups in total. The van der Waals surface area contributed by atoms with Gasteiger partial charge in [0.05, 0.1) is 11.4 Å². The Bertz CT molecular complexity index is 1510. The number of carbonyl (C=O) groups excluding carboxylic acids is 1. The predicted octanol–water partition coefficient (Wildman–Crippen LogP) is 4.71. The second-order valence-electron chi connectivity index (χ2n) is 10.6. The lowest BCUT2D eigenvalue weighted by atomic mass is 9.95. The monoisotopic (exact) mass is 544 g/mol. The van der Waals surface area contributed by atoms with Crippen LogP contribution in [0.15, 0.2) is 54.9 Å². The first-order valence-electron chi connectivity index (χ1n) is 13.0. The van der Waals surface area contributed by atoms with Crippen molar-refractivity contribution in [1.29, 1.82) is 0 Å². The van der Waals surface area contributed by atoms with Crippen LogP contribution in [-0.2, 0) is 12.0 Å². The standard InChI is InChI=1S/C29H29FN6O2S/c1-4-21-25(39-27(35-21)26-32-10-5-11-33-26)28(37)36-14-19-20(15-36)24(19)38-23-13-17(29(2,3)31)12-22(34-23)16-6-8-18(30)9-7-16/h5-13,19-20,24H,4,14-15,31H2,1-3H3/t19-,20+,24-. The van der Waals surface area contributed by atoms with Crippen LogP contribution in [0.25, 0.3) is 22.1 Å². The van der Waals surface area contributed by atoms with Crippen LogP contribution in [-0.4, -0.2) is 49.9 Å². The first-order valence-corrected chi connectivity index (χ1v) is 13.8. The second kappa shape index (κ2) is 9.77. The van der Waals surface area contributed by atoms with E-state index in [1.165, 1.54) is 23.5 Å². The zero-order valence-corrected chi connectivity index (χ0v) is 22.8. The highest BCUT2D eigenvalue weighted by atomic mass is 32.1. The molecule has 10 heteroatoms. The predicted molar refractivity (Wildman–Crippen MR) is 147 cm³/mol. The molecular formula is C29H29FN6O2S. The third-order valence-corrected chi connectivity index (χ3v) is 8.41. The van der Waals surface area contributed by atoms with Crippen molar-refractivity contribution in [3.05, 3.63) is 76.8 Å². The van der Waals surface area contributed by atoms with Crippen molar-refractivity contribution < 1.29 is 13.9 Å². The number of hydrogen-bond acceptors (Lipinski definition) is 8. The van der Waals surface area contributed by atoms with E-state index in [1.54, 1.807) is 30.6 Å². The third kappa shape index (κ3) is 5.02. The SMILES string of the molecule is CCc1nc(-c2ncccn2)sc1C(=O)N1C[C@@H]2[C@H](C1)[C@@H]2Oc1cc(C(C)(C)N)cc(-c2ccc(F)cc2)n1. The summed E-state index contributed by atoms with van der Waals surface area (Å²) in [6.07, 6.45) is 3.99. The van der Waals surface area contributed by atoms with Gasteiger partial charge < -0.3 is 15.4 Å². The molecule has 1 aliphatic heterocycles. The number of fused-ring (bicyclic) bond motifs is 1. The minimum absolute atomic E-state index is 0.00100. The van der Waals surface area contributed by atoms with Gasteiger partial charge >= 0.3 is 0 Å². The summed E-state index contributed by atoms with van der Waals surface area (Å²) in [5.74, 6) is 1.21. The number of aryl methyl sites for hydroxylation is 1. The van der Waals surface area contributed by atoms with E-state index >= 15 is 0 Å². The largest absolute Gasteiger partial charge is 0.474 e. The Morgan fingerprint density at radius 3 is 2.46 bits per heavy atom. The van der Waals surface area contributed by atoms with Crippen molar-refractivity contribution in [3.63, 3.8) is 0 Å². The summed E-state index contributed by atoms with van der Waals surface area (Å²) < 4.78 is 19.8. The van der Waals surface area contributed by atoms with Crippen LogP contribution < -0.4 is 10.5 Å². The molecular weight excluding hydrogens is 515 g/mol. The van der Waals surface area contributed by atoms with Gasteiger partial charge in [-0.15, -0.1) is 11.3 Å². The maximum absolute atomic E-state index is 13.5. The molecule has 4 heterocycles. The Morgan fingerprint density at radius 1 is 1.13 bits per heavy atom. The molecule has 39 heavy (non-hydrogen) atoms. The summed E-state index contributed by atoms with van der Waals surface area (Å²) in [5, 5.41) is 0.659. The van der Waals surface area contributed by atoms with E-state index in [0.717, 1.165) is 16.8 Å². The molecule has 0 unspecified atom stereocenters. The molecule has 3 atom stereocenters. The number of aromatic nitrogens is 4. The number of rotatable bonds is 7. The zero-order chi connectivity index (χ0) is 27.3. The van der Waals surface area contributed by atoms with E-state index in [1.807, 2.05) is 37.8 Å². The number of amides is 1. The number of hydrogen-bond donors (Lipinski definition) is 1. The van der Waals surface area contributed by atoms with Crippen molar-refractivity contribution in [3.8, 4) is 28.0 Å². The van der Waals surface area contributed by atoms with E-state index in [4.69, 9.17) is 15.5 Å². The first-order chi connectivity index (χ1) is 18.7. The van der Waals surface area contributed by atoms with E-state index < -0.39 is 5.54 Å². The summed E-state index contributed by atoms with van der Waals surface area (Å²) in [6.45, 7) is 7.10. The van der Waals surface area contributed by atoms with Crippen molar-refractivity contribution in [2.45, 2.75) is 38.8 Å². The number of nitrogens with zero attached hydrogens (tertiary/aromatic N) is 5. The number of thiazole rings is 1. The van der Waals surface area contributed by atoms with Crippen molar-refractivity contribution in [2.24, 2.45) is 17.6 Å². The van der Waals surface area contributed by atoms with Crippen LogP contribution in [0.4, 0.5) is 4.39 Å². The molecule has 8 nitrogen and oxygen atoms in total. The van der Waals surface area contributed by atoms with Gasteiger partial charge in [0.2, 0.25) is 5.88 Å². The lowest BCUT2D eigenvalue weighted by Crippen LogP contribution is -2.33. The summed E-state index contributed by atoms with van der Waals surface area (Å²) in [5.41, 5.74) is 8.93. The quantitative estimate of drug-likeness (QED) is 0.359. The summed E-state index contributed by atoms with van der Waals surface area (Å²) in [7, 11) is 0. The molecule has 0 bridgehead atoms. The van der Waals surface area contributed by atoms with Crippen LogP contribution in [0.1, 0.15) is 41.7 Å². The van der Waals surface area contributed by atoms with Crippen LogP contribution in [0.2, 0.25) is 0 Å². The second-order valence-corrected chi connectivity index (χ2v) is 11.6. The Labute approximate surface area is 230 Å². The van der Waals surface area contributed by atoms with E-state index in [0.29, 0.717) is 46.8 Å². The minimum Gasteiger partial charge on any atom is -0.474 e. The molecule has 4 aromatic rings. The molecule has 1 amide bonds. The summed E-state index contributed by atoms with van der Waals surface area (Å²) in [4.78, 5) is 33.9. The minimum atomic E-state index is -0.603. The fourth-order valence-corrected chi connectivity index (χ4v) is 6.14. The normalized spacial score (nSPS) is 20.1. The number of carbonyl (C=O) groups is 1. The van der Waals surface area contributed by atoms with Crippen LogP contribution in [0.5, 0.6) is 5.88 Å². The Hall–Kier alpha value is -3.76. The average molecular weight is 545 g/mol. The first kappa shape index (κ1) is 25.5. The van der Waals surface area contributed by atoms with Crippen molar-refractivity contribution in [2.75, 3.05) is 13.1 Å². The fraction of sp³-hybridized carbons (Fsp3) is 0.345. The molecule has 1 aliphatic carbocycles. The highest BCUT2D eigenvalue weighted by Crippen LogP contribution is 2.48. The summed E-state index contributed by atoms with van der Waals surface area (Å²) in [6, 6.07) is 11.8. The van der Waals surface area contributed by atoms with Gasteiger partial charge in [0.15, 0.2) is 10.8 Å². The molecule has 200 valence electrons.